The molecule has 0 aromatic heterocycles. The molecule has 114 valence electrons. The third kappa shape index (κ3) is 3.04. The number of fused-ring (bicyclic) bond motifs is 1. The molecule has 0 spiro atoms. The number of ether oxygens (including phenoxy) is 1. The zero-order chi connectivity index (χ0) is 15.8. The zero-order valence-corrected chi connectivity index (χ0v) is 14.4. The van der Waals surface area contributed by atoms with Gasteiger partial charge < -0.3 is 9.64 Å². The Morgan fingerprint density at radius 2 is 2.10 bits per heavy atom. The number of nitrogens with zero attached hydrogens (tertiary/aromatic N) is 1. The van der Waals surface area contributed by atoms with Crippen molar-refractivity contribution in [2.75, 3.05) is 25.2 Å². The van der Waals surface area contributed by atoms with E-state index in [-0.39, 0.29) is 17.1 Å². The first-order valence-corrected chi connectivity index (χ1v) is 7.71. The average Bonchev–Trinajstić information content (AvgIpc) is 2.37. The number of hydrogen-bond donors (Lipinski definition) is 0. The van der Waals surface area contributed by atoms with Gasteiger partial charge in [0.1, 0.15) is 0 Å². The molecule has 1 amide bonds. The Morgan fingerprint density at radius 3 is 2.67 bits per heavy atom. The zero-order valence-electron chi connectivity index (χ0n) is 12.8. The molecule has 0 aliphatic carbocycles. The number of amides is 1. The molecule has 1 heterocycles. The van der Waals surface area contributed by atoms with Gasteiger partial charge in [-0.2, -0.15) is 0 Å². The summed E-state index contributed by atoms with van der Waals surface area (Å²) in [6.07, 6.45) is 0.454. The van der Waals surface area contributed by atoms with Gasteiger partial charge in [-0.1, -0.05) is 29.8 Å². The van der Waals surface area contributed by atoms with Crippen LogP contribution in [0.5, 0.6) is 0 Å². The van der Waals surface area contributed by atoms with Crippen molar-refractivity contribution in [3.05, 3.63) is 27.7 Å². The number of Topliss-reactive ketones (excluding diaryl/α,β-unsaturated/α-hetero) is 1. The minimum atomic E-state index is -0.242. The molecule has 0 saturated heterocycles. The summed E-state index contributed by atoms with van der Waals surface area (Å²) in [5, 5.41) is 0. The molecule has 2 rings (SSSR count). The van der Waals surface area contributed by atoms with E-state index in [9.17, 15) is 9.59 Å². The number of rotatable bonds is 4. The summed E-state index contributed by atoms with van der Waals surface area (Å²) in [7, 11) is 1.61. The Hall–Kier alpha value is -1.20. The topological polar surface area (TPSA) is 46.6 Å². The number of anilines is 1. The number of methoxy groups -OCH3 is 1. The third-order valence-corrected chi connectivity index (χ3v) is 4.55. The van der Waals surface area contributed by atoms with Crippen LogP contribution in [0.3, 0.4) is 0 Å². The van der Waals surface area contributed by atoms with Crippen molar-refractivity contribution in [1.29, 1.82) is 0 Å². The van der Waals surface area contributed by atoms with Gasteiger partial charge in [0.15, 0.2) is 5.78 Å². The molecule has 1 aromatic rings. The fraction of sp³-hybridized carbons (Fsp3) is 0.500. The molecular formula is C16H20BrNO3. The van der Waals surface area contributed by atoms with E-state index in [0.717, 1.165) is 15.7 Å². The van der Waals surface area contributed by atoms with Crippen LogP contribution in [0.25, 0.3) is 0 Å². The van der Waals surface area contributed by atoms with Gasteiger partial charge in [-0.05, 0) is 24.6 Å². The van der Waals surface area contributed by atoms with Gasteiger partial charge in [0, 0.05) is 41.2 Å². The van der Waals surface area contributed by atoms with E-state index in [1.807, 2.05) is 12.1 Å². The standard InChI is InChI=1S/C16H20BrNO3/c1-10(19)11-7-14-12(8-13(11)17)16(2,3)9-15(20)18(14)5-6-21-4/h7-8H,5-6,9H2,1-4H3. The van der Waals surface area contributed by atoms with Crippen molar-refractivity contribution in [1.82, 2.24) is 0 Å². The van der Waals surface area contributed by atoms with Crippen LogP contribution in [-0.4, -0.2) is 32.0 Å². The maximum absolute atomic E-state index is 12.4. The Labute approximate surface area is 133 Å². The van der Waals surface area contributed by atoms with Gasteiger partial charge in [-0.3, -0.25) is 9.59 Å². The SMILES string of the molecule is COCCN1C(=O)CC(C)(C)c2cc(Br)c(C(C)=O)cc21. The molecule has 21 heavy (non-hydrogen) atoms. The second-order valence-corrected chi connectivity index (χ2v) is 6.86. The van der Waals surface area contributed by atoms with Gasteiger partial charge in [0.25, 0.3) is 0 Å². The monoisotopic (exact) mass is 353 g/mol. The molecule has 0 unspecified atom stereocenters. The summed E-state index contributed by atoms with van der Waals surface area (Å²) in [4.78, 5) is 25.9. The highest BCUT2D eigenvalue weighted by atomic mass is 79.9. The van der Waals surface area contributed by atoms with E-state index in [1.54, 1.807) is 12.0 Å². The van der Waals surface area contributed by atoms with Crippen molar-refractivity contribution >= 4 is 33.3 Å². The second-order valence-electron chi connectivity index (χ2n) is 6.00. The third-order valence-electron chi connectivity index (χ3n) is 3.90. The van der Waals surface area contributed by atoms with Crippen molar-refractivity contribution < 1.29 is 14.3 Å². The molecule has 0 saturated carbocycles. The smallest absolute Gasteiger partial charge is 0.227 e. The van der Waals surface area contributed by atoms with Crippen molar-refractivity contribution in [3.63, 3.8) is 0 Å². The fourth-order valence-electron chi connectivity index (χ4n) is 2.73. The highest BCUT2D eigenvalue weighted by Crippen LogP contribution is 2.42. The number of hydrogen-bond acceptors (Lipinski definition) is 3. The normalized spacial score (nSPS) is 16.8. The molecule has 4 nitrogen and oxygen atoms in total. The van der Waals surface area contributed by atoms with Crippen molar-refractivity contribution in [2.24, 2.45) is 0 Å². The van der Waals surface area contributed by atoms with E-state index < -0.39 is 0 Å². The number of carbonyl (C=O) groups excluding carboxylic acids is 2. The van der Waals surface area contributed by atoms with Gasteiger partial charge >= 0.3 is 0 Å². The molecule has 1 aliphatic rings. The van der Waals surface area contributed by atoms with Crippen LogP contribution in [0.15, 0.2) is 16.6 Å². The lowest BCUT2D eigenvalue weighted by atomic mass is 9.77. The van der Waals surface area contributed by atoms with Crippen LogP contribution in [0.4, 0.5) is 5.69 Å². The molecule has 0 bridgehead atoms. The lowest BCUT2D eigenvalue weighted by Gasteiger charge is -2.39. The van der Waals surface area contributed by atoms with Gasteiger partial charge in [-0.25, -0.2) is 0 Å². The maximum Gasteiger partial charge on any atom is 0.227 e. The van der Waals surface area contributed by atoms with Crippen LogP contribution in [0.2, 0.25) is 0 Å². The number of halogens is 1. The largest absolute Gasteiger partial charge is 0.383 e. The first-order valence-electron chi connectivity index (χ1n) is 6.92. The summed E-state index contributed by atoms with van der Waals surface area (Å²) >= 11 is 3.47. The van der Waals surface area contributed by atoms with E-state index in [0.29, 0.717) is 25.1 Å². The maximum atomic E-state index is 12.4. The quantitative estimate of drug-likeness (QED) is 0.780. The Bertz CT molecular complexity index is 595. The number of ketones is 1. The van der Waals surface area contributed by atoms with E-state index in [4.69, 9.17) is 4.74 Å². The molecule has 1 aliphatic heterocycles. The minimum absolute atomic E-state index is 0.0211. The lowest BCUT2D eigenvalue weighted by molar-refractivity contribution is -0.120. The molecule has 5 heteroatoms. The number of benzene rings is 1. The molecule has 1 aromatic carbocycles. The first kappa shape index (κ1) is 16.2. The summed E-state index contributed by atoms with van der Waals surface area (Å²) in [5.41, 5.74) is 2.26. The Morgan fingerprint density at radius 1 is 1.43 bits per heavy atom. The predicted octanol–water partition coefficient (Wildman–Crippen LogP) is 3.31. The molecule has 0 fully saturated rings. The van der Waals surface area contributed by atoms with Gasteiger partial charge in [-0.15, -0.1) is 0 Å². The number of carbonyl (C=O) groups is 2. The highest BCUT2D eigenvalue weighted by molar-refractivity contribution is 9.10. The molecule has 0 N–H and O–H groups in total. The van der Waals surface area contributed by atoms with Crippen molar-refractivity contribution in [3.8, 4) is 0 Å². The Kier molecular flexibility index (Phi) is 4.54. The van der Waals surface area contributed by atoms with E-state index in [1.165, 1.54) is 6.92 Å². The van der Waals surface area contributed by atoms with Gasteiger partial charge in [0.2, 0.25) is 5.91 Å². The van der Waals surface area contributed by atoms with E-state index in [2.05, 4.69) is 29.8 Å². The summed E-state index contributed by atoms with van der Waals surface area (Å²) in [6.45, 7) is 6.60. The van der Waals surface area contributed by atoms with Crippen LogP contribution in [-0.2, 0) is 14.9 Å². The van der Waals surface area contributed by atoms with Gasteiger partial charge in [0.05, 0.1) is 6.61 Å². The summed E-state index contributed by atoms with van der Waals surface area (Å²) in [5.74, 6) is 0.0496. The fourth-order valence-corrected chi connectivity index (χ4v) is 3.35. The molecule has 0 radical (unpaired) electrons. The highest BCUT2D eigenvalue weighted by Gasteiger charge is 2.37. The molecular weight excluding hydrogens is 334 g/mol. The van der Waals surface area contributed by atoms with Crippen LogP contribution >= 0.6 is 15.9 Å². The van der Waals surface area contributed by atoms with Crippen LogP contribution in [0, 0.1) is 0 Å². The average molecular weight is 354 g/mol. The summed E-state index contributed by atoms with van der Waals surface area (Å²) < 4.78 is 5.87. The second kappa shape index (κ2) is 5.89. The molecule has 0 atom stereocenters. The Balaban J connectivity index is 2.59. The first-order chi connectivity index (χ1) is 9.77. The van der Waals surface area contributed by atoms with Crippen molar-refractivity contribution in [2.45, 2.75) is 32.6 Å². The van der Waals surface area contributed by atoms with Crippen LogP contribution < -0.4 is 4.90 Å². The van der Waals surface area contributed by atoms with Crippen LogP contribution in [0.1, 0.15) is 43.1 Å². The lowest BCUT2D eigenvalue weighted by Crippen LogP contribution is -2.43. The summed E-state index contributed by atoms with van der Waals surface area (Å²) in [6, 6.07) is 3.79. The van der Waals surface area contributed by atoms with E-state index >= 15 is 0 Å². The minimum Gasteiger partial charge on any atom is -0.383 e. The predicted molar refractivity (Wildman–Crippen MR) is 86.0 cm³/mol.